The quantitative estimate of drug-likeness (QED) is 0.803. The number of pyridine rings is 1. The lowest BCUT2D eigenvalue weighted by molar-refractivity contribution is 0.0526. The number of amides is 1. The highest BCUT2D eigenvalue weighted by atomic mass is 16.5. The van der Waals surface area contributed by atoms with Crippen LogP contribution in [0.3, 0.4) is 0 Å². The third kappa shape index (κ3) is 4.55. The number of rotatable bonds is 5. The van der Waals surface area contributed by atoms with E-state index in [9.17, 15) is 9.59 Å². The summed E-state index contributed by atoms with van der Waals surface area (Å²) in [5.41, 5.74) is 1.43. The van der Waals surface area contributed by atoms with Crippen LogP contribution in [0.4, 0.5) is 4.79 Å². The summed E-state index contributed by atoms with van der Waals surface area (Å²) in [6, 6.07) is 10.5. The zero-order chi connectivity index (χ0) is 19.2. The number of nitrogens with zero attached hydrogens (tertiary/aromatic N) is 2. The number of esters is 1. The van der Waals surface area contributed by atoms with Gasteiger partial charge in [-0.2, -0.15) is 0 Å². The molecule has 1 fully saturated rings. The predicted octanol–water partition coefficient (Wildman–Crippen LogP) is 3.91. The van der Waals surface area contributed by atoms with Crippen molar-refractivity contribution in [3.05, 3.63) is 53.7 Å². The molecule has 1 aromatic heterocycles. The van der Waals surface area contributed by atoms with Crippen LogP contribution in [0.25, 0.3) is 0 Å². The maximum Gasteiger partial charge on any atom is 0.407 e. The summed E-state index contributed by atoms with van der Waals surface area (Å²) >= 11 is 0. The summed E-state index contributed by atoms with van der Waals surface area (Å²) in [4.78, 5) is 28.6. The zero-order valence-electron chi connectivity index (χ0n) is 15.1. The molecule has 0 atom stereocenters. The Balaban J connectivity index is 1.71. The van der Waals surface area contributed by atoms with Crippen LogP contribution in [0.5, 0.6) is 11.6 Å². The van der Waals surface area contributed by atoms with E-state index in [1.54, 1.807) is 37.4 Å². The van der Waals surface area contributed by atoms with Crippen molar-refractivity contribution in [3.8, 4) is 11.6 Å². The van der Waals surface area contributed by atoms with Gasteiger partial charge in [0, 0.05) is 24.8 Å². The second-order valence-corrected chi connectivity index (χ2v) is 6.29. The van der Waals surface area contributed by atoms with Gasteiger partial charge < -0.3 is 19.5 Å². The van der Waals surface area contributed by atoms with E-state index in [4.69, 9.17) is 14.6 Å². The number of carboxylic acid groups (broad SMARTS) is 1. The molecule has 1 N–H and O–H groups in total. The summed E-state index contributed by atoms with van der Waals surface area (Å²) in [7, 11) is 0. The van der Waals surface area contributed by atoms with Gasteiger partial charge in [-0.3, -0.25) is 0 Å². The van der Waals surface area contributed by atoms with Gasteiger partial charge in [0.05, 0.1) is 12.2 Å². The summed E-state index contributed by atoms with van der Waals surface area (Å²) in [6.45, 7) is 3.10. The first-order valence-electron chi connectivity index (χ1n) is 8.96. The lowest BCUT2D eigenvalue weighted by Crippen LogP contribution is -2.36. The van der Waals surface area contributed by atoms with E-state index in [1.165, 1.54) is 4.90 Å². The number of carbonyl (C=O) groups is 2. The van der Waals surface area contributed by atoms with Crippen LogP contribution >= 0.6 is 0 Å². The number of benzene rings is 1. The molecule has 7 heteroatoms. The van der Waals surface area contributed by atoms with Crippen LogP contribution in [0.2, 0.25) is 0 Å². The van der Waals surface area contributed by atoms with E-state index in [0.29, 0.717) is 36.9 Å². The molecule has 0 aliphatic carbocycles. The number of piperidine rings is 1. The van der Waals surface area contributed by atoms with E-state index in [2.05, 4.69) is 4.98 Å². The second-order valence-electron chi connectivity index (χ2n) is 6.29. The Morgan fingerprint density at radius 2 is 1.89 bits per heavy atom. The molecular weight excluding hydrogens is 348 g/mol. The van der Waals surface area contributed by atoms with Crippen LogP contribution in [-0.2, 0) is 4.74 Å². The Morgan fingerprint density at radius 1 is 1.19 bits per heavy atom. The zero-order valence-corrected chi connectivity index (χ0v) is 15.1. The molecular formula is C20H22N2O5. The van der Waals surface area contributed by atoms with Crippen LogP contribution in [-0.4, -0.2) is 46.7 Å². The Hall–Kier alpha value is -3.09. The number of ether oxygens (including phenoxy) is 2. The Kier molecular flexibility index (Phi) is 5.90. The smallest absolute Gasteiger partial charge is 0.407 e. The molecule has 0 unspecified atom stereocenters. The summed E-state index contributed by atoms with van der Waals surface area (Å²) in [5.74, 6) is 0.914. The molecule has 1 aliphatic rings. The molecule has 142 valence electrons. The largest absolute Gasteiger partial charge is 0.465 e. The fourth-order valence-electron chi connectivity index (χ4n) is 3.17. The van der Waals surface area contributed by atoms with Crippen LogP contribution < -0.4 is 4.74 Å². The van der Waals surface area contributed by atoms with Gasteiger partial charge in [0.25, 0.3) is 0 Å². The average molecular weight is 370 g/mol. The lowest BCUT2D eigenvalue weighted by atomic mass is 9.90. The maximum absolute atomic E-state index is 11.7. The van der Waals surface area contributed by atoms with Crippen LogP contribution in [0.1, 0.15) is 41.6 Å². The van der Waals surface area contributed by atoms with Gasteiger partial charge in [-0.05, 0) is 56.0 Å². The minimum Gasteiger partial charge on any atom is -0.465 e. The highest BCUT2D eigenvalue weighted by Crippen LogP contribution is 2.35. The molecule has 1 aromatic carbocycles. The molecule has 0 saturated carbocycles. The minimum absolute atomic E-state index is 0.197. The summed E-state index contributed by atoms with van der Waals surface area (Å²) in [5, 5.41) is 9.10. The molecule has 0 radical (unpaired) electrons. The molecule has 0 bridgehead atoms. The molecule has 3 rings (SSSR count). The monoisotopic (exact) mass is 370 g/mol. The van der Waals surface area contributed by atoms with Crippen molar-refractivity contribution >= 4 is 12.1 Å². The van der Waals surface area contributed by atoms with Gasteiger partial charge in [-0.15, -0.1) is 0 Å². The molecule has 2 heterocycles. The summed E-state index contributed by atoms with van der Waals surface area (Å²) in [6.07, 6.45) is 2.25. The molecule has 27 heavy (non-hydrogen) atoms. The normalized spacial score (nSPS) is 14.6. The first-order valence-corrected chi connectivity index (χ1v) is 8.96. The van der Waals surface area contributed by atoms with Crippen LogP contribution in [0.15, 0.2) is 42.6 Å². The van der Waals surface area contributed by atoms with E-state index in [1.807, 2.05) is 12.1 Å². The molecule has 0 spiro atoms. The second kappa shape index (κ2) is 8.53. The number of carbonyl (C=O) groups excluding carboxylic acids is 1. The Labute approximate surface area is 157 Å². The molecule has 1 aliphatic heterocycles. The SMILES string of the molecule is CCOC(=O)c1ccc(Oc2ncccc2C2CCN(C(=O)O)CC2)cc1. The molecule has 7 nitrogen and oxygen atoms in total. The third-order valence-corrected chi connectivity index (χ3v) is 4.59. The van der Waals surface area contributed by atoms with Crippen molar-refractivity contribution in [2.45, 2.75) is 25.7 Å². The first kappa shape index (κ1) is 18.7. The van der Waals surface area contributed by atoms with E-state index in [-0.39, 0.29) is 11.9 Å². The predicted molar refractivity (Wildman–Crippen MR) is 98.3 cm³/mol. The fourth-order valence-corrected chi connectivity index (χ4v) is 3.17. The van der Waals surface area contributed by atoms with Gasteiger partial charge in [-0.1, -0.05) is 6.07 Å². The topological polar surface area (TPSA) is 89.0 Å². The third-order valence-electron chi connectivity index (χ3n) is 4.59. The van der Waals surface area contributed by atoms with Gasteiger partial charge in [0.1, 0.15) is 5.75 Å². The highest BCUT2D eigenvalue weighted by molar-refractivity contribution is 5.89. The lowest BCUT2D eigenvalue weighted by Gasteiger charge is -2.30. The molecule has 1 saturated heterocycles. The fraction of sp³-hybridized carbons (Fsp3) is 0.350. The van der Waals surface area contributed by atoms with Gasteiger partial charge >= 0.3 is 12.1 Å². The van der Waals surface area contributed by atoms with Crippen molar-refractivity contribution in [1.82, 2.24) is 9.88 Å². The number of aromatic nitrogens is 1. The van der Waals surface area contributed by atoms with Crippen molar-refractivity contribution < 1.29 is 24.2 Å². The van der Waals surface area contributed by atoms with Gasteiger partial charge in [0.15, 0.2) is 0 Å². The van der Waals surface area contributed by atoms with Crippen LogP contribution in [0, 0.1) is 0 Å². The molecule has 2 aromatic rings. The van der Waals surface area contributed by atoms with Crippen molar-refractivity contribution in [3.63, 3.8) is 0 Å². The number of hydrogen-bond donors (Lipinski definition) is 1. The van der Waals surface area contributed by atoms with Crippen molar-refractivity contribution in [2.24, 2.45) is 0 Å². The first-order chi connectivity index (χ1) is 13.1. The number of hydrogen-bond acceptors (Lipinski definition) is 5. The van der Waals surface area contributed by atoms with E-state index < -0.39 is 6.09 Å². The Morgan fingerprint density at radius 3 is 2.52 bits per heavy atom. The summed E-state index contributed by atoms with van der Waals surface area (Å²) < 4.78 is 10.9. The minimum atomic E-state index is -0.877. The van der Waals surface area contributed by atoms with Crippen molar-refractivity contribution in [1.29, 1.82) is 0 Å². The number of likely N-dealkylation sites (tertiary alicyclic amines) is 1. The van der Waals surface area contributed by atoms with Crippen molar-refractivity contribution in [2.75, 3.05) is 19.7 Å². The van der Waals surface area contributed by atoms with Gasteiger partial charge in [-0.25, -0.2) is 14.6 Å². The standard InChI is InChI=1S/C20H22N2O5/c1-2-26-19(23)15-5-7-16(8-6-15)27-18-17(4-3-11-21-18)14-9-12-22(13-10-14)20(24)25/h3-8,11,14H,2,9-10,12-13H2,1H3,(H,24,25). The van der Waals surface area contributed by atoms with E-state index >= 15 is 0 Å². The van der Waals surface area contributed by atoms with E-state index in [0.717, 1.165) is 18.4 Å². The Bertz CT molecular complexity index is 798. The maximum atomic E-state index is 11.7. The highest BCUT2D eigenvalue weighted by Gasteiger charge is 2.26. The average Bonchev–Trinajstić information content (AvgIpc) is 2.69. The van der Waals surface area contributed by atoms with Gasteiger partial charge in [0.2, 0.25) is 5.88 Å². The molecule has 1 amide bonds.